The maximum Gasteiger partial charge on any atom is 0.339 e. The molecule has 1 aromatic carbocycles. The number of rotatable bonds is 3. The highest BCUT2D eigenvalue weighted by molar-refractivity contribution is 6.04. The summed E-state index contributed by atoms with van der Waals surface area (Å²) in [6.07, 6.45) is 0. The van der Waals surface area contributed by atoms with Crippen LogP contribution in [0.3, 0.4) is 0 Å². The second-order valence-corrected chi connectivity index (χ2v) is 5.94. The first-order valence-corrected chi connectivity index (χ1v) is 7.04. The average molecular weight is 354 g/mol. The Morgan fingerprint density at radius 2 is 1.83 bits per heavy atom. The summed E-state index contributed by atoms with van der Waals surface area (Å²) in [5.74, 6) is 0.420. The van der Waals surface area contributed by atoms with Crippen molar-refractivity contribution < 1.29 is 18.8 Å². The third-order valence-electron chi connectivity index (χ3n) is 3.07. The van der Waals surface area contributed by atoms with Gasteiger partial charge in [-0.3, -0.25) is 5.32 Å². The molecule has 0 unspecified atom stereocenters. The van der Waals surface area contributed by atoms with Gasteiger partial charge in [0.15, 0.2) is 5.82 Å². The van der Waals surface area contributed by atoms with E-state index in [9.17, 15) is 9.59 Å². The molecule has 2 amide bonds. The summed E-state index contributed by atoms with van der Waals surface area (Å²) in [7, 11) is 1.28. The maximum atomic E-state index is 12.0. The molecule has 8 heteroatoms. The molecule has 0 spiro atoms. The van der Waals surface area contributed by atoms with Gasteiger partial charge < -0.3 is 14.6 Å². The van der Waals surface area contributed by atoms with Crippen LogP contribution in [0.5, 0.6) is 0 Å². The summed E-state index contributed by atoms with van der Waals surface area (Å²) in [6, 6.07) is 7.68. The van der Waals surface area contributed by atoms with Crippen molar-refractivity contribution in [3.63, 3.8) is 0 Å². The highest BCUT2D eigenvalue weighted by atomic mass is 35.5. The summed E-state index contributed by atoms with van der Waals surface area (Å²) in [5.41, 5.74) is 0.401. The summed E-state index contributed by atoms with van der Waals surface area (Å²) in [6.45, 7) is 5.93. The van der Waals surface area contributed by atoms with Crippen molar-refractivity contribution in [2.75, 3.05) is 17.7 Å². The second-order valence-electron chi connectivity index (χ2n) is 5.94. The third kappa shape index (κ3) is 4.73. The fraction of sp³-hybridized carbons (Fsp3) is 0.312. The number of carbonyl (C=O) groups excluding carboxylic acids is 2. The van der Waals surface area contributed by atoms with Crippen LogP contribution in [0, 0.1) is 0 Å². The summed E-state index contributed by atoms with van der Waals surface area (Å²) < 4.78 is 9.87. The molecule has 24 heavy (non-hydrogen) atoms. The lowest BCUT2D eigenvalue weighted by molar-refractivity contribution is 0.0602. The highest BCUT2D eigenvalue weighted by Gasteiger charge is 2.20. The lowest BCUT2D eigenvalue weighted by Gasteiger charge is -2.12. The number of nitrogens with zero attached hydrogens (tertiary/aromatic N) is 1. The predicted molar refractivity (Wildman–Crippen MR) is 92.9 cm³/mol. The standard InChI is InChI=1S/C16H19N3O4.ClH/c1-16(2,3)12-9-13(19-23-12)18-15(21)17-11-8-6-5-7-10(11)14(20)22-4;/h5-9H,1-4H3,(H2,17,18,19,21);1H. The van der Waals surface area contributed by atoms with Crippen molar-refractivity contribution in [1.82, 2.24) is 5.16 Å². The minimum absolute atomic E-state index is 0. The van der Waals surface area contributed by atoms with E-state index in [0.29, 0.717) is 17.3 Å². The number of methoxy groups -OCH3 is 1. The number of urea groups is 1. The first-order valence-electron chi connectivity index (χ1n) is 7.04. The van der Waals surface area contributed by atoms with Crippen LogP contribution in [-0.4, -0.2) is 24.3 Å². The number of hydrogen-bond donors (Lipinski definition) is 2. The lowest BCUT2D eigenvalue weighted by atomic mass is 9.93. The first kappa shape index (κ1) is 19.5. The summed E-state index contributed by atoms with van der Waals surface area (Å²) >= 11 is 0. The van der Waals surface area contributed by atoms with Crippen LogP contribution in [0.2, 0.25) is 0 Å². The van der Waals surface area contributed by atoms with Crippen molar-refractivity contribution >= 4 is 35.9 Å². The minimum atomic E-state index is -0.532. The van der Waals surface area contributed by atoms with Crippen LogP contribution in [-0.2, 0) is 10.2 Å². The van der Waals surface area contributed by atoms with Gasteiger partial charge in [-0.05, 0) is 12.1 Å². The smallest absolute Gasteiger partial charge is 0.339 e. The molecule has 0 saturated heterocycles. The van der Waals surface area contributed by atoms with Crippen LogP contribution >= 0.6 is 12.4 Å². The SMILES string of the molecule is COC(=O)c1ccccc1NC(=O)Nc1cc(C(C)(C)C)on1.Cl. The number of carbonyl (C=O) groups is 2. The van der Waals surface area contributed by atoms with Gasteiger partial charge in [-0.1, -0.05) is 38.1 Å². The van der Waals surface area contributed by atoms with Crippen LogP contribution < -0.4 is 10.6 Å². The van der Waals surface area contributed by atoms with Crippen molar-refractivity contribution in [3.05, 3.63) is 41.7 Å². The number of ether oxygens (including phenoxy) is 1. The largest absolute Gasteiger partial charge is 0.465 e. The monoisotopic (exact) mass is 353 g/mol. The number of esters is 1. The van der Waals surface area contributed by atoms with E-state index in [-0.39, 0.29) is 23.4 Å². The first-order chi connectivity index (χ1) is 10.8. The second kappa shape index (κ2) is 7.83. The van der Waals surface area contributed by atoms with E-state index in [1.54, 1.807) is 30.3 Å². The Morgan fingerprint density at radius 3 is 2.42 bits per heavy atom. The Labute approximate surface area is 146 Å². The Morgan fingerprint density at radius 1 is 1.17 bits per heavy atom. The van der Waals surface area contributed by atoms with Gasteiger partial charge in [0, 0.05) is 11.5 Å². The van der Waals surface area contributed by atoms with Crippen molar-refractivity contribution in [2.45, 2.75) is 26.2 Å². The van der Waals surface area contributed by atoms with E-state index in [1.165, 1.54) is 7.11 Å². The van der Waals surface area contributed by atoms with E-state index in [0.717, 1.165) is 0 Å². The lowest BCUT2D eigenvalue weighted by Crippen LogP contribution is -2.21. The Balaban J connectivity index is 0.00000288. The molecule has 0 fully saturated rings. The molecule has 0 aliphatic rings. The van der Waals surface area contributed by atoms with Crippen LogP contribution in [0.15, 0.2) is 34.9 Å². The molecule has 0 atom stereocenters. The zero-order chi connectivity index (χ0) is 17.0. The normalized spacial score (nSPS) is 10.5. The van der Waals surface area contributed by atoms with Crippen molar-refractivity contribution in [1.29, 1.82) is 0 Å². The molecule has 0 aliphatic heterocycles. The number of hydrogen-bond acceptors (Lipinski definition) is 5. The number of benzene rings is 1. The zero-order valence-corrected chi connectivity index (χ0v) is 14.7. The molecule has 2 rings (SSSR count). The average Bonchev–Trinajstić information content (AvgIpc) is 2.95. The number of nitrogens with one attached hydrogen (secondary N) is 2. The van der Waals surface area contributed by atoms with Gasteiger partial charge in [-0.2, -0.15) is 0 Å². The zero-order valence-electron chi connectivity index (χ0n) is 13.9. The Kier molecular flexibility index (Phi) is 6.36. The van der Waals surface area contributed by atoms with Gasteiger partial charge in [-0.25, -0.2) is 9.59 Å². The Bertz CT molecular complexity index is 722. The third-order valence-corrected chi connectivity index (χ3v) is 3.07. The quantitative estimate of drug-likeness (QED) is 0.818. The molecule has 0 bridgehead atoms. The van der Waals surface area contributed by atoms with Gasteiger partial charge in [0.05, 0.1) is 18.4 Å². The number of para-hydroxylation sites is 1. The van der Waals surface area contributed by atoms with E-state index in [2.05, 4.69) is 20.5 Å². The van der Waals surface area contributed by atoms with E-state index in [4.69, 9.17) is 4.52 Å². The molecule has 1 aromatic heterocycles. The van der Waals surface area contributed by atoms with Crippen molar-refractivity contribution in [2.24, 2.45) is 0 Å². The molecule has 0 saturated carbocycles. The minimum Gasteiger partial charge on any atom is -0.465 e. The van der Waals surface area contributed by atoms with Crippen LogP contribution in [0.25, 0.3) is 0 Å². The molecule has 130 valence electrons. The number of halogens is 1. The molecular formula is C16H20ClN3O4. The van der Waals surface area contributed by atoms with Gasteiger partial charge >= 0.3 is 12.0 Å². The molecule has 2 N–H and O–H groups in total. The van der Waals surface area contributed by atoms with Crippen molar-refractivity contribution in [3.8, 4) is 0 Å². The molecule has 0 aliphatic carbocycles. The molecule has 7 nitrogen and oxygen atoms in total. The predicted octanol–water partition coefficient (Wildman–Crippen LogP) is 3.82. The van der Waals surface area contributed by atoms with Gasteiger partial charge in [0.25, 0.3) is 0 Å². The summed E-state index contributed by atoms with van der Waals surface area (Å²) in [4.78, 5) is 23.7. The molecular weight excluding hydrogens is 334 g/mol. The number of amides is 2. The number of aromatic nitrogens is 1. The van der Waals surface area contributed by atoms with E-state index < -0.39 is 12.0 Å². The Hall–Kier alpha value is -2.54. The molecule has 1 heterocycles. The fourth-order valence-electron chi connectivity index (χ4n) is 1.84. The van der Waals surface area contributed by atoms with Crippen LogP contribution in [0.4, 0.5) is 16.3 Å². The fourth-order valence-corrected chi connectivity index (χ4v) is 1.84. The summed E-state index contributed by atoms with van der Waals surface area (Å²) in [5, 5.41) is 8.95. The highest BCUT2D eigenvalue weighted by Crippen LogP contribution is 2.24. The van der Waals surface area contributed by atoms with Gasteiger partial charge in [0.2, 0.25) is 0 Å². The van der Waals surface area contributed by atoms with Gasteiger partial charge in [-0.15, -0.1) is 12.4 Å². The maximum absolute atomic E-state index is 12.0. The van der Waals surface area contributed by atoms with Gasteiger partial charge in [0.1, 0.15) is 5.76 Å². The molecule has 0 radical (unpaired) electrons. The topological polar surface area (TPSA) is 93.5 Å². The molecule has 2 aromatic rings. The van der Waals surface area contributed by atoms with E-state index in [1.807, 2.05) is 20.8 Å². The van der Waals surface area contributed by atoms with Crippen LogP contribution in [0.1, 0.15) is 36.9 Å². The number of anilines is 2. The van der Waals surface area contributed by atoms with E-state index >= 15 is 0 Å².